The Bertz CT molecular complexity index is 1030. The molecule has 0 aliphatic carbocycles. The van der Waals surface area contributed by atoms with E-state index in [2.05, 4.69) is 61.3 Å². The molecule has 4 rings (SSSR count). The van der Waals surface area contributed by atoms with Crippen LogP contribution in [0, 0.1) is 6.92 Å². The average molecular weight is 443 g/mol. The highest BCUT2D eigenvalue weighted by molar-refractivity contribution is 7.99. The van der Waals surface area contributed by atoms with Crippen LogP contribution in [0.25, 0.3) is 5.69 Å². The van der Waals surface area contributed by atoms with E-state index in [0.717, 1.165) is 36.3 Å². The van der Waals surface area contributed by atoms with Crippen LogP contribution in [0.5, 0.6) is 0 Å². The van der Waals surface area contributed by atoms with Crippen molar-refractivity contribution in [3.8, 4) is 5.69 Å². The van der Waals surface area contributed by atoms with Crippen molar-refractivity contribution in [2.75, 3.05) is 42.3 Å². The van der Waals surface area contributed by atoms with Gasteiger partial charge in [0.1, 0.15) is 5.76 Å². The fourth-order valence-electron chi connectivity index (χ4n) is 3.33. The predicted octanol–water partition coefficient (Wildman–Crippen LogP) is 3.08. The highest BCUT2D eigenvalue weighted by Gasteiger charge is 2.22. The summed E-state index contributed by atoms with van der Waals surface area (Å²) in [7, 11) is 0. The summed E-state index contributed by atoms with van der Waals surface area (Å²) >= 11 is 1.51. The molecule has 1 aromatic carbocycles. The molecular formula is C21H26N6O3S. The lowest BCUT2D eigenvalue weighted by atomic mass is 10.1. The molecule has 1 saturated heterocycles. The number of benzene rings is 1. The third kappa shape index (κ3) is 5.26. The second-order valence-corrected chi connectivity index (χ2v) is 8.27. The van der Waals surface area contributed by atoms with E-state index in [1.807, 2.05) is 0 Å². The molecule has 1 N–H and O–H groups in total. The third-order valence-electron chi connectivity index (χ3n) is 4.94. The van der Waals surface area contributed by atoms with Gasteiger partial charge in [-0.2, -0.15) is 0 Å². The Morgan fingerprint density at radius 2 is 2.06 bits per heavy atom. The fourth-order valence-corrected chi connectivity index (χ4v) is 4.22. The molecule has 1 aliphatic rings. The molecule has 10 heteroatoms. The summed E-state index contributed by atoms with van der Waals surface area (Å²) in [5.41, 5.74) is 2.27. The third-order valence-corrected chi connectivity index (χ3v) is 5.87. The Balaban J connectivity index is 1.49. The van der Waals surface area contributed by atoms with E-state index in [1.165, 1.54) is 17.3 Å². The molecule has 0 radical (unpaired) electrons. The first-order valence-corrected chi connectivity index (χ1v) is 11.4. The van der Waals surface area contributed by atoms with E-state index in [4.69, 9.17) is 9.26 Å². The van der Waals surface area contributed by atoms with Crippen molar-refractivity contribution in [2.24, 2.45) is 0 Å². The normalized spacial score (nSPS) is 14.1. The Kier molecular flexibility index (Phi) is 6.88. The Labute approximate surface area is 185 Å². The van der Waals surface area contributed by atoms with Crippen LogP contribution >= 0.6 is 11.8 Å². The predicted molar refractivity (Wildman–Crippen MR) is 119 cm³/mol. The molecule has 164 valence electrons. The van der Waals surface area contributed by atoms with Crippen molar-refractivity contribution in [1.82, 2.24) is 19.9 Å². The van der Waals surface area contributed by atoms with Gasteiger partial charge in [-0.25, -0.2) is 0 Å². The van der Waals surface area contributed by atoms with E-state index in [9.17, 15) is 4.79 Å². The lowest BCUT2D eigenvalue weighted by Crippen LogP contribution is -2.37. The maximum absolute atomic E-state index is 12.2. The number of aryl methyl sites for hydroxylation is 2. The van der Waals surface area contributed by atoms with E-state index < -0.39 is 0 Å². The van der Waals surface area contributed by atoms with Gasteiger partial charge in [0.25, 0.3) is 0 Å². The molecule has 2 aromatic heterocycles. The number of rotatable bonds is 8. The first kappa shape index (κ1) is 21.4. The number of carbonyl (C=O) groups is 1. The summed E-state index contributed by atoms with van der Waals surface area (Å²) in [4.78, 5) is 14.4. The topological polar surface area (TPSA) is 98.3 Å². The average Bonchev–Trinajstić information content (AvgIpc) is 3.40. The van der Waals surface area contributed by atoms with Crippen molar-refractivity contribution in [2.45, 2.75) is 31.8 Å². The lowest BCUT2D eigenvalue weighted by Gasteiger charge is -2.28. The molecule has 1 aliphatic heterocycles. The van der Waals surface area contributed by atoms with E-state index in [-0.39, 0.29) is 5.91 Å². The second kappa shape index (κ2) is 9.97. The molecule has 9 nitrogen and oxygen atoms in total. The van der Waals surface area contributed by atoms with E-state index in [0.29, 0.717) is 37.0 Å². The van der Waals surface area contributed by atoms with Gasteiger partial charge in [0, 0.05) is 31.3 Å². The van der Waals surface area contributed by atoms with Gasteiger partial charge in [-0.05, 0) is 31.0 Å². The van der Waals surface area contributed by atoms with E-state index >= 15 is 0 Å². The summed E-state index contributed by atoms with van der Waals surface area (Å²) in [5, 5.41) is 16.2. The number of hydrogen-bond acceptors (Lipinski definition) is 8. The number of hydrogen-bond donors (Lipinski definition) is 1. The van der Waals surface area contributed by atoms with Crippen molar-refractivity contribution in [3.63, 3.8) is 0 Å². The maximum Gasteiger partial charge on any atom is 0.232 e. The van der Waals surface area contributed by atoms with Crippen LogP contribution in [0.4, 0.5) is 11.8 Å². The number of amides is 1. The van der Waals surface area contributed by atoms with Gasteiger partial charge in [-0.1, -0.05) is 36.0 Å². The molecular weight excluding hydrogens is 416 g/mol. The highest BCUT2D eigenvalue weighted by Crippen LogP contribution is 2.28. The first-order chi connectivity index (χ1) is 15.1. The van der Waals surface area contributed by atoms with Gasteiger partial charge in [-0.15, -0.1) is 10.2 Å². The molecule has 3 aromatic rings. The number of aromatic nitrogens is 4. The van der Waals surface area contributed by atoms with Gasteiger partial charge in [0.15, 0.2) is 11.0 Å². The minimum Gasteiger partial charge on any atom is -0.378 e. The number of nitrogens with zero attached hydrogens (tertiary/aromatic N) is 5. The van der Waals surface area contributed by atoms with Crippen LogP contribution in [0.1, 0.15) is 24.7 Å². The van der Waals surface area contributed by atoms with Crippen LogP contribution in [0.2, 0.25) is 0 Å². The summed E-state index contributed by atoms with van der Waals surface area (Å²) in [6.07, 6.45) is 1.28. The monoisotopic (exact) mass is 442 g/mol. The highest BCUT2D eigenvalue weighted by atomic mass is 32.2. The number of morpholine rings is 1. The Morgan fingerprint density at radius 1 is 1.23 bits per heavy atom. The quantitative estimate of drug-likeness (QED) is 0.532. The molecule has 0 atom stereocenters. The number of ether oxygens (including phenoxy) is 1. The molecule has 0 bridgehead atoms. The van der Waals surface area contributed by atoms with Gasteiger partial charge >= 0.3 is 0 Å². The Hall–Kier alpha value is -2.85. The number of nitrogens with one attached hydrogen (secondary N) is 1. The molecule has 3 heterocycles. The van der Waals surface area contributed by atoms with Crippen molar-refractivity contribution in [3.05, 3.63) is 41.7 Å². The minimum absolute atomic E-state index is 0.117. The van der Waals surface area contributed by atoms with Gasteiger partial charge in [0.05, 0.1) is 18.9 Å². The zero-order valence-electron chi connectivity index (χ0n) is 17.7. The molecule has 1 fully saturated rings. The smallest absolute Gasteiger partial charge is 0.232 e. The molecule has 1 amide bonds. The Morgan fingerprint density at radius 3 is 2.81 bits per heavy atom. The van der Waals surface area contributed by atoms with Crippen molar-refractivity contribution in [1.29, 1.82) is 0 Å². The van der Waals surface area contributed by atoms with Crippen molar-refractivity contribution >= 4 is 29.4 Å². The molecule has 0 saturated carbocycles. The summed E-state index contributed by atoms with van der Waals surface area (Å²) in [5.74, 6) is 2.34. The number of thioether (sulfide) groups is 1. The number of anilines is 2. The van der Waals surface area contributed by atoms with Gasteiger partial charge < -0.3 is 19.5 Å². The van der Waals surface area contributed by atoms with Crippen LogP contribution in [-0.2, 0) is 16.0 Å². The zero-order chi connectivity index (χ0) is 21.6. The summed E-state index contributed by atoms with van der Waals surface area (Å²) in [6.45, 7) is 6.81. The van der Waals surface area contributed by atoms with Crippen LogP contribution in [-0.4, -0.2) is 57.9 Å². The lowest BCUT2D eigenvalue weighted by molar-refractivity contribution is -0.115. The van der Waals surface area contributed by atoms with Gasteiger partial charge in [0.2, 0.25) is 11.9 Å². The van der Waals surface area contributed by atoms with E-state index in [1.54, 1.807) is 13.0 Å². The molecule has 0 spiro atoms. The first-order valence-electron chi connectivity index (χ1n) is 10.4. The fraction of sp³-hybridized carbons (Fsp3) is 0.429. The van der Waals surface area contributed by atoms with Crippen LogP contribution in [0.3, 0.4) is 0 Å². The summed E-state index contributed by atoms with van der Waals surface area (Å²) in [6, 6.07) is 10.1. The van der Waals surface area contributed by atoms with Crippen molar-refractivity contribution < 1.29 is 14.1 Å². The largest absolute Gasteiger partial charge is 0.378 e. The molecule has 31 heavy (non-hydrogen) atoms. The van der Waals surface area contributed by atoms with Gasteiger partial charge in [-0.3, -0.25) is 9.36 Å². The summed E-state index contributed by atoms with van der Waals surface area (Å²) < 4.78 is 12.5. The zero-order valence-corrected chi connectivity index (χ0v) is 18.5. The molecule has 0 unspecified atom stereocenters. The maximum atomic E-state index is 12.2. The second-order valence-electron chi connectivity index (χ2n) is 7.21. The van der Waals surface area contributed by atoms with Crippen LogP contribution < -0.4 is 10.2 Å². The SMILES string of the molecule is CCc1cccc(-n2c(SCCC(=O)Nc3cc(C)on3)nnc2N2CCOCC2)c1. The van der Waals surface area contributed by atoms with Crippen LogP contribution in [0.15, 0.2) is 40.0 Å². The minimum atomic E-state index is -0.117. The number of carbonyl (C=O) groups excluding carboxylic acids is 1. The standard InChI is InChI=1S/C21H26N6O3S/c1-3-16-5-4-6-17(14-16)27-20(26-8-10-29-11-9-26)23-24-21(27)31-12-7-19(28)22-18-13-15(2)30-25-18/h4-6,13-14H,3,7-12H2,1-2H3,(H,22,25,28).